The van der Waals surface area contributed by atoms with E-state index in [0.29, 0.717) is 5.39 Å². The van der Waals surface area contributed by atoms with Gasteiger partial charge in [-0.2, -0.15) is 0 Å². The van der Waals surface area contributed by atoms with E-state index in [2.05, 4.69) is 166 Å². The van der Waals surface area contributed by atoms with Gasteiger partial charge < -0.3 is 13.5 Å². The number of benzene rings is 8. The van der Waals surface area contributed by atoms with Gasteiger partial charge in [-0.05, 0) is 85.8 Å². The molecular formula is C50H30N4O. The molecule has 0 saturated carbocycles. The minimum absolute atomic E-state index is 0.0123. The maximum absolute atomic E-state index is 14.9. The van der Waals surface area contributed by atoms with Gasteiger partial charge in [0.05, 0.1) is 55.0 Å². The lowest BCUT2D eigenvalue weighted by Crippen LogP contribution is -2.09. The third-order valence-corrected chi connectivity index (χ3v) is 12.1. The van der Waals surface area contributed by atoms with Gasteiger partial charge in [0.1, 0.15) is 0 Å². The number of aryl methyl sites for hydroxylation is 1. The summed E-state index contributed by atoms with van der Waals surface area (Å²) in [5.74, 6) is 0. The Morgan fingerprint density at radius 1 is 0.327 bits per heavy atom. The molecule has 0 radical (unpaired) electrons. The predicted octanol–water partition coefficient (Wildman–Crippen LogP) is 12.1. The van der Waals surface area contributed by atoms with E-state index in [1.54, 1.807) is 0 Å². The first-order valence-corrected chi connectivity index (χ1v) is 18.8. The molecule has 256 valence electrons. The standard InChI is InChI=1S/C50H30N4O/c1-29-18-23-45-38(26-29)34-12-4-8-16-43(34)52(45)31-19-24-46-39(27-31)35-21-22-36-40-28-30(51-41-14-6-2-10-32(41)33-11-3-7-15-42(33)51)20-25-47(40)54-49(36)48(35)53(46)44-17-9-5-13-37(44)50(54)55/h2-28H,1H3. The molecule has 5 nitrogen and oxygen atoms in total. The van der Waals surface area contributed by atoms with E-state index in [1.165, 1.54) is 38.1 Å². The largest absolute Gasteiger partial charge is 0.309 e. The molecule has 0 fully saturated rings. The van der Waals surface area contributed by atoms with Gasteiger partial charge in [-0.15, -0.1) is 0 Å². The summed E-state index contributed by atoms with van der Waals surface area (Å²) in [5.41, 5.74) is 13.0. The number of hydrogen-bond acceptors (Lipinski definition) is 1. The van der Waals surface area contributed by atoms with Crippen molar-refractivity contribution in [2.24, 2.45) is 0 Å². The fourth-order valence-corrected chi connectivity index (χ4v) is 9.85. The number of nitrogens with zero attached hydrogens (tertiary/aromatic N) is 4. The summed E-state index contributed by atoms with van der Waals surface area (Å²) in [4.78, 5) is 14.9. The van der Waals surface area contributed by atoms with Gasteiger partial charge in [-0.25, -0.2) is 0 Å². The van der Waals surface area contributed by atoms with Crippen molar-refractivity contribution in [3.63, 3.8) is 0 Å². The lowest BCUT2D eigenvalue weighted by Gasteiger charge is -2.09. The third kappa shape index (κ3) is 3.60. The topological polar surface area (TPSA) is 35.8 Å². The highest BCUT2D eigenvalue weighted by atomic mass is 16.1. The van der Waals surface area contributed by atoms with Crippen LogP contribution in [0.4, 0.5) is 0 Å². The second-order valence-corrected chi connectivity index (χ2v) is 15.0. The Hall–Kier alpha value is -7.37. The van der Waals surface area contributed by atoms with Gasteiger partial charge in [-0.1, -0.05) is 90.5 Å². The van der Waals surface area contributed by atoms with Crippen LogP contribution in [0.2, 0.25) is 0 Å². The average Bonchev–Trinajstić information content (AvgIpc) is 3.93. The molecular weight excluding hydrogens is 673 g/mol. The van der Waals surface area contributed by atoms with Crippen molar-refractivity contribution >= 4 is 98.1 Å². The zero-order valence-corrected chi connectivity index (χ0v) is 29.8. The van der Waals surface area contributed by atoms with Gasteiger partial charge >= 0.3 is 0 Å². The summed E-state index contributed by atoms with van der Waals surface area (Å²) >= 11 is 0. The quantitative estimate of drug-likeness (QED) is 0.177. The minimum atomic E-state index is -0.0123. The smallest absolute Gasteiger partial charge is 0.265 e. The summed E-state index contributed by atoms with van der Waals surface area (Å²) in [5, 5.41) is 10.0. The maximum atomic E-state index is 14.9. The van der Waals surface area contributed by atoms with Crippen molar-refractivity contribution in [1.29, 1.82) is 0 Å². The van der Waals surface area contributed by atoms with E-state index >= 15 is 0 Å². The highest BCUT2D eigenvalue weighted by molar-refractivity contribution is 6.24. The SMILES string of the molecule is Cc1ccc2c(c1)c1ccccc1n2-c1ccc2c(c1)c1ccc3c4cc(-n5c6ccccc6c6ccccc65)ccc4n4c(=O)c5ccccc5n2c1c34. The van der Waals surface area contributed by atoms with Crippen LogP contribution in [0.25, 0.3) is 110 Å². The van der Waals surface area contributed by atoms with Crippen LogP contribution in [-0.2, 0) is 0 Å². The van der Waals surface area contributed by atoms with E-state index in [1.807, 2.05) is 22.6 Å². The van der Waals surface area contributed by atoms with Crippen molar-refractivity contribution in [2.45, 2.75) is 6.92 Å². The first kappa shape index (κ1) is 29.1. The van der Waals surface area contributed by atoms with Crippen molar-refractivity contribution in [1.82, 2.24) is 17.9 Å². The zero-order chi connectivity index (χ0) is 36.1. The van der Waals surface area contributed by atoms with Crippen LogP contribution in [0.1, 0.15) is 5.56 Å². The molecule has 0 aliphatic heterocycles. The highest BCUT2D eigenvalue weighted by Gasteiger charge is 2.23. The van der Waals surface area contributed by atoms with Crippen molar-refractivity contribution in [2.75, 3.05) is 0 Å². The number of rotatable bonds is 2. The van der Waals surface area contributed by atoms with Crippen LogP contribution in [0.5, 0.6) is 0 Å². The van der Waals surface area contributed by atoms with Crippen LogP contribution < -0.4 is 5.56 Å². The lowest BCUT2D eigenvalue weighted by atomic mass is 10.1. The molecule has 0 N–H and O–H groups in total. The summed E-state index contributed by atoms with van der Waals surface area (Å²) in [6.45, 7) is 2.16. The number of para-hydroxylation sites is 4. The summed E-state index contributed by atoms with van der Waals surface area (Å²) in [6.07, 6.45) is 0. The van der Waals surface area contributed by atoms with Crippen molar-refractivity contribution in [3.05, 3.63) is 180 Å². The molecule has 0 bridgehead atoms. The van der Waals surface area contributed by atoms with Crippen molar-refractivity contribution in [3.8, 4) is 11.4 Å². The van der Waals surface area contributed by atoms with E-state index in [0.717, 1.165) is 71.5 Å². The highest BCUT2D eigenvalue weighted by Crippen LogP contribution is 2.42. The molecule has 13 aromatic rings. The fraction of sp³-hybridized carbons (Fsp3) is 0.0200. The fourth-order valence-electron chi connectivity index (χ4n) is 9.85. The minimum Gasteiger partial charge on any atom is -0.309 e. The molecule has 0 saturated heterocycles. The molecule has 5 heteroatoms. The number of aromatic nitrogens is 4. The Labute approximate surface area is 313 Å². The predicted molar refractivity (Wildman–Crippen MR) is 229 cm³/mol. The molecule has 0 amide bonds. The molecule has 5 aromatic heterocycles. The van der Waals surface area contributed by atoms with E-state index in [4.69, 9.17) is 0 Å². The van der Waals surface area contributed by atoms with Crippen molar-refractivity contribution < 1.29 is 0 Å². The monoisotopic (exact) mass is 702 g/mol. The van der Waals surface area contributed by atoms with Crippen LogP contribution in [0.3, 0.4) is 0 Å². The molecule has 0 atom stereocenters. The van der Waals surface area contributed by atoms with E-state index in [-0.39, 0.29) is 5.56 Å². The number of hydrogen-bond donors (Lipinski definition) is 0. The van der Waals surface area contributed by atoms with Gasteiger partial charge in [0.2, 0.25) is 0 Å². The Balaban J connectivity index is 1.17. The first-order valence-electron chi connectivity index (χ1n) is 18.8. The van der Waals surface area contributed by atoms with Gasteiger partial charge in [0.25, 0.3) is 5.56 Å². The second kappa shape index (κ2) is 10.2. The van der Waals surface area contributed by atoms with Crippen LogP contribution in [0.15, 0.2) is 169 Å². The maximum Gasteiger partial charge on any atom is 0.265 e. The summed E-state index contributed by atoms with van der Waals surface area (Å²) in [6, 6.07) is 58.6. The Morgan fingerprint density at radius 3 is 1.31 bits per heavy atom. The molecule has 55 heavy (non-hydrogen) atoms. The molecule has 0 aliphatic carbocycles. The number of fused-ring (bicyclic) bond motifs is 14. The molecule has 13 rings (SSSR count). The van der Waals surface area contributed by atoms with Gasteiger partial charge in [0.15, 0.2) is 0 Å². The Kier molecular flexibility index (Phi) is 5.39. The van der Waals surface area contributed by atoms with Crippen LogP contribution >= 0.6 is 0 Å². The van der Waals surface area contributed by atoms with Gasteiger partial charge in [0, 0.05) is 54.5 Å². The third-order valence-electron chi connectivity index (χ3n) is 12.1. The Bertz CT molecular complexity index is 3820. The molecule has 0 spiro atoms. The molecule has 5 heterocycles. The van der Waals surface area contributed by atoms with Crippen LogP contribution in [0, 0.1) is 6.92 Å². The molecule has 8 aromatic carbocycles. The van der Waals surface area contributed by atoms with E-state index in [9.17, 15) is 4.79 Å². The molecule has 0 aliphatic rings. The first-order chi connectivity index (χ1) is 27.1. The van der Waals surface area contributed by atoms with E-state index < -0.39 is 0 Å². The molecule has 0 unspecified atom stereocenters. The normalized spacial score (nSPS) is 12.5. The lowest BCUT2D eigenvalue weighted by molar-refractivity contribution is 1.18. The average molecular weight is 703 g/mol. The second-order valence-electron chi connectivity index (χ2n) is 15.0. The van der Waals surface area contributed by atoms with Crippen LogP contribution in [-0.4, -0.2) is 17.9 Å². The summed E-state index contributed by atoms with van der Waals surface area (Å²) in [7, 11) is 0. The summed E-state index contributed by atoms with van der Waals surface area (Å²) < 4.78 is 9.04. The Morgan fingerprint density at radius 2 is 0.727 bits per heavy atom. The van der Waals surface area contributed by atoms with Gasteiger partial charge in [-0.3, -0.25) is 9.20 Å². The zero-order valence-electron chi connectivity index (χ0n) is 29.8.